The number of imidazole rings is 1. The topological polar surface area (TPSA) is 58.3 Å². The zero-order valence-electron chi connectivity index (χ0n) is 34.5. The van der Waals surface area contributed by atoms with E-state index in [0.717, 1.165) is 93.5 Å². The predicted molar refractivity (Wildman–Crippen MR) is 272 cm³/mol. The van der Waals surface area contributed by atoms with E-state index < -0.39 is 0 Å². The first-order valence-electron chi connectivity index (χ1n) is 19.9. The van der Waals surface area contributed by atoms with Gasteiger partial charge in [0.1, 0.15) is 76.4 Å². The first-order valence-corrected chi connectivity index (χ1v) is 19.9. The fourth-order valence-corrected chi connectivity index (χ4v) is 9.76. The van der Waals surface area contributed by atoms with Crippen molar-refractivity contribution < 1.29 is 10.2 Å². The molecule has 13 heteroatoms. The summed E-state index contributed by atoms with van der Waals surface area (Å²) in [5.41, 5.74) is 19.8. The summed E-state index contributed by atoms with van der Waals surface area (Å²) in [4.78, 5) is 5.39. The van der Waals surface area contributed by atoms with E-state index in [9.17, 15) is 10.2 Å². The summed E-state index contributed by atoms with van der Waals surface area (Å²) in [5.74, 6) is 0.778. The van der Waals surface area contributed by atoms with Gasteiger partial charge in [-0.3, -0.25) is 4.57 Å². The summed E-state index contributed by atoms with van der Waals surface area (Å²) in [6.07, 6.45) is 0. The molecule has 1 heterocycles. The minimum Gasteiger partial charge on any atom is -0.504 e. The van der Waals surface area contributed by atoms with Gasteiger partial charge >= 0.3 is 0 Å². The minimum atomic E-state index is -0.0850. The van der Waals surface area contributed by atoms with Gasteiger partial charge in [-0.2, -0.15) is 0 Å². The van der Waals surface area contributed by atoms with Gasteiger partial charge in [-0.15, -0.1) is 21.9 Å². The molecule has 0 radical (unpaired) electrons. The SMILES string of the molecule is Bc1c(B)c(B)c(-c2nc3ccccc3n2-c2ccccc2-c2c3ccccc3c(-c3c(O)c(O)c4c(C)c(B)c(B)c(B)c4c3B)c3ccccc23)c(B)c1B. The van der Waals surface area contributed by atoms with E-state index in [4.69, 9.17) is 4.98 Å². The predicted octanol–water partition coefficient (Wildman–Crippen LogP) is -4.47. The lowest BCUT2D eigenvalue weighted by atomic mass is 9.60. The van der Waals surface area contributed by atoms with Crippen LogP contribution in [0.5, 0.6) is 11.5 Å². The van der Waals surface area contributed by atoms with Crippen molar-refractivity contribution in [2.45, 2.75) is 6.92 Å². The summed E-state index contributed by atoms with van der Waals surface area (Å²) in [7, 11) is 19.6. The first-order chi connectivity index (χ1) is 27.3. The van der Waals surface area contributed by atoms with Crippen LogP contribution in [0.3, 0.4) is 0 Å². The van der Waals surface area contributed by atoms with E-state index in [-0.39, 0.29) is 11.5 Å². The average molecular weight is 725 g/mol. The van der Waals surface area contributed by atoms with Crippen LogP contribution in [0.1, 0.15) is 5.56 Å². The molecule has 0 aliphatic heterocycles. The van der Waals surface area contributed by atoms with E-state index in [1.807, 2.05) is 6.92 Å². The van der Waals surface area contributed by atoms with Crippen molar-refractivity contribution in [1.82, 2.24) is 9.55 Å². The Balaban J connectivity index is 1.42. The molecule has 2 N–H and O–H groups in total. The molecule has 9 aromatic rings. The molecule has 0 amide bonds. The Labute approximate surface area is 341 Å². The molecule has 9 rings (SSSR count). The third-order valence-electron chi connectivity index (χ3n) is 13.5. The molecule has 0 aliphatic carbocycles. The number of phenols is 2. The van der Waals surface area contributed by atoms with Gasteiger partial charge in [0.05, 0.1) is 16.7 Å². The molecule has 264 valence electrons. The second kappa shape index (κ2) is 13.4. The van der Waals surface area contributed by atoms with E-state index >= 15 is 0 Å². The van der Waals surface area contributed by atoms with E-state index in [0.29, 0.717) is 5.56 Å². The minimum absolute atomic E-state index is 0.0661. The lowest BCUT2D eigenvalue weighted by Gasteiger charge is -2.25. The van der Waals surface area contributed by atoms with Crippen molar-refractivity contribution in [3.05, 3.63) is 103 Å². The van der Waals surface area contributed by atoms with E-state index in [2.05, 4.69) is 172 Å². The van der Waals surface area contributed by atoms with Crippen LogP contribution in [-0.2, 0) is 0 Å². The second-order valence-electron chi connectivity index (χ2n) is 16.1. The number of rotatable bonds is 4. The smallest absolute Gasteiger partial charge is 0.166 e. The van der Waals surface area contributed by atoms with Gasteiger partial charge in [0, 0.05) is 27.6 Å². The van der Waals surface area contributed by atoms with Crippen LogP contribution in [0.15, 0.2) is 97.1 Å². The van der Waals surface area contributed by atoms with Gasteiger partial charge in [-0.05, 0) is 63.2 Å². The molecule has 0 aliphatic rings. The standard InChI is InChI=1S/C44H39B9N2O2/c1-18-27-30(35(47)38(50)33(18)45)34(46)31(43(57)42(27)56)29-21-12-4-2-10-19(21)28(20-11-3-5-13-22(20)29)23-14-6-8-16-25(23)55-26-17-9-7-15-24(26)54-44(55)32-36(48)39(51)41(53)40(52)37(32)49/h2-17,56-57H,45-53H2,1H3. The normalized spacial score (nSPS) is 11.7. The highest BCUT2D eigenvalue weighted by Gasteiger charge is 2.28. The maximum Gasteiger partial charge on any atom is 0.166 e. The second-order valence-corrected chi connectivity index (χ2v) is 16.1. The van der Waals surface area contributed by atoms with Gasteiger partial charge < -0.3 is 10.2 Å². The Morgan fingerprint density at radius 3 is 1.54 bits per heavy atom. The fourth-order valence-electron chi connectivity index (χ4n) is 9.76. The van der Waals surface area contributed by atoms with Crippen molar-refractivity contribution >= 4 is 163 Å². The maximum absolute atomic E-state index is 12.2. The first kappa shape index (κ1) is 36.8. The monoisotopic (exact) mass is 726 g/mol. The van der Waals surface area contributed by atoms with Gasteiger partial charge in [-0.1, -0.05) is 106 Å². The Hall–Kier alpha value is -5.81. The van der Waals surface area contributed by atoms with Crippen LogP contribution < -0.4 is 49.2 Å². The number of nitrogens with zero attached hydrogens (tertiary/aromatic N) is 2. The van der Waals surface area contributed by atoms with Crippen LogP contribution >= 0.6 is 0 Å². The number of aromatic nitrogens is 2. The van der Waals surface area contributed by atoms with Crippen LogP contribution in [0.25, 0.3) is 82.7 Å². The number of hydrogen-bond donors (Lipinski definition) is 2. The summed E-state index contributed by atoms with van der Waals surface area (Å²) in [6.45, 7) is 2.04. The van der Waals surface area contributed by atoms with Crippen LogP contribution in [-0.4, -0.2) is 90.4 Å². The largest absolute Gasteiger partial charge is 0.504 e. The van der Waals surface area contributed by atoms with Crippen molar-refractivity contribution in [3.63, 3.8) is 0 Å². The molecule has 0 spiro atoms. The molecule has 4 nitrogen and oxygen atoms in total. The highest BCUT2D eigenvalue weighted by atomic mass is 16.3. The molecular weight excluding hydrogens is 686 g/mol. The third-order valence-corrected chi connectivity index (χ3v) is 13.5. The lowest BCUT2D eigenvalue weighted by molar-refractivity contribution is 0.410. The van der Waals surface area contributed by atoms with Crippen molar-refractivity contribution in [2.24, 2.45) is 0 Å². The molecule has 0 bridgehead atoms. The zero-order valence-corrected chi connectivity index (χ0v) is 34.5. The maximum atomic E-state index is 12.2. The number of fused-ring (bicyclic) bond motifs is 4. The Bertz CT molecular complexity index is 3150. The zero-order chi connectivity index (χ0) is 40.2. The summed E-state index contributed by atoms with van der Waals surface area (Å²) >= 11 is 0. The molecule has 0 saturated heterocycles. The molecule has 57 heavy (non-hydrogen) atoms. The summed E-state index contributed by atoms with van der Waals surface area (Å²) in [5, 5.41) is 29.9. The number of benzene rings is 8. The number of aryl methyl sites for hydroxylation is 1. The summed E-state index contributed by atoms with van der Waals surface area (Å²) < 4.78 is 2.36. The van der Waals surface area contributed by atoms with Crippen molar-refractivity contribution in [1.29, 1.82) is 0 Å². The van der Waals surface area contributed by atoms with Crippen LogP contribution in [0.4, 0.5) is 0 Å². The van der Waals surface area contributed by atoms with Gasteiger partial charge in [0.25, 0.3) is 0 Å². The van der Waals surface area contributed by atoms with Gasteiger partial charge in [-0.25, -0.2) is 4.98 Å². The Morgan fingerprint density at radius 1 is 0.439 bits per heavy atom. The molecular formula is C44H39B9N2O2. The van der Waals surface area contributed by atoms with Crippen molar-refractivity contribution in [3.8, 4) is 50.8 Å². The van der Waals surface area contributed by atoms with E-state index in [1.54, 1.807) is 0 Å². The molecule has 0 unspecified atom stereocenters. The highest BCUT2D eigenvalue weighted by Crippen LogP contribution is 2.49. The highest BCUT2D eigenvalue weighted by molar-refractivity contribution is 6.69. The van der Waals surface area contributed by atoms with E-state index in [1.165, 1.54) is 38.3 Å². The molecule has 0 saturated carbocycles. The van der Waals surface area contributed by atoms with Crippen molar-refractivity contribution in [2.75, 3.05) is 0 Å². The van der Waals surface area contributed by atoms with Gasteiger partial charge in [0.2, 0.25) is 0 Å². The number of aromatic hydroxyl groups is 2. The average Bonchev–Trinajstić information content (AvgIpc) is 3.60. The van der Waals surface area contributed by atoms with Gasteiger partial charge in [0.15, 0.2) is 11.5 Å². The molecule has 0 fully saturated rings. The number of hydrogen-bond acceptors (Lipinski definition) is 3. The fraction of sp³-hybridized carbons (Fsp3) is 0.0227. The quantitative estimate of drug-likeness (QED) is 0.110. The Kier molecular flexibility index (Phi) is 8.66. The molecule has 8 aromatic carbocycles. The number of phenolic OH excluding ortho intramolecular Hbond substituents is 2. The lowest BCUT2D eigenvalue weighted by Crippen LogP contribution is -2.55. The Morgan fingerprint density at radius 2 is 0.930 bits per heavy atom. The number of para-hydroxylation sites is 3. The molecule has 0 atom stereocenters. The third kappa shape index (κ3) is 5.17. The molecule has 1 aromatic heterocycles. The van der Waals surface area contributed by atoms with Crippen LogP contribution in [0.2, 0.25) is 0 Å². The summed E-state index contributed by atoms with van der Waals surface area (Å²) in [6, 6.07) is 34.2. The van der Waals surface area contributed by atoms with Crippen LogP contribution in [0, 0.1) is 6.92 Å².